The van der Waals surface area contributed by atoms with Crippen LogP contribution >= 0.6 is 0 Å². The summed E-state index contributed by atoms with van der Waals surface area (Å²) in [7, 11) is 1.59. The maximum Gasteiger partial charge on any atom is 0.416 e. The molecule has 0 aliphatic heterocycles. The molecule has 3 rings (SSSR count). The van der Waals surface area contributed by atoms with Crippen LogP contribution in [0.2, 0.25) is 0 Å². The van der Waals surface area contributed by atoms with Crippen LogP contribution in [0.3, 0.4) is 0 Å². The van der Waals surface area contributed by atoms with E-state index in [4.69, 9.17) is 18.9 Å². The van der Waals surface area contributed by atoms with Crippen LogP contribution in [0.4, 0.5) is 18.0 Å². The third-order valence-electron chi connectivity index (χ3n) is 5.33. The van der Waals surface area contributed by atoms with E-state index in [1.54, 1.807) is 37.4 Å². The van der Waals surface area contributed by atoms with Crippen LogP contribution < -0.4 is 5.32 Å². The average molecular weight is 535 g/mol. The van der Waals surface area contributed by atoms with Crippen molar-refractivity contribution in [2.75, 3.05) is 46.8 Å². The fraction of sp³-hybridized carbons (Fsp3) is 0.333. The van der Waals surface area contributed by atoms with Gasteiger partial charge in [-0.15, -0.1) is 0 Å². The number of benzene rings is 2. The molecule has 204 valence electrons. The molecule has 1 amide bonds. The molecule has 1 aromatic heterocycles. The number of carbonyl (C=O) groups is 1. The Kier molecular flexibility index (Phi) is 10.9. The number of methoxy groups -OCH3 is 1. The van der Waals surface area contributed by atoms with Gasteiger partial charge in [0.2, 0.25) is 0 Å². The molecule has 3 aromatic rings. The van der Waals surface area contributed by atoms with Crippen LogP contribution in [0.25, 0.3) is 22.3 Å². The number of aromatic nitrogens is 1. The van der Waals surface area contributed by atoms with E-state index in [0.29, 0.717) is 54.4 Å². The highest BCUT2D eigenvalue weighted by Crippen LogP contribution is 2.36. The minimum Gasteiger partial charge on any atom is -0.507 e. The Hall–Kier alpha value is -3.67. The summed E-state index contributed by atoms with van der Waals surface area (Å²) >= 11 is 0. The van der Waals surface area contributed by atoms with Crippen molar-refractivity contribution in [2.45, 2.75) is 12.7 Å². The van der Waals surface area contributed by atoms with E-state index in [-0.39, 0.29) is 25.5 Å². The molecule has 0 spiro atoms. The first-order valence-electron chi connectivity index (χ1n) is 11.8. The average Bonchev–Trinajstić information content (AvgIpc) is 2.91. The highest BCUT2D eigenvalue weighted by Gasteiger charge is 2.30. The zero-order valence-corrected chi connectivity index (χ0v) is 20.8. The smallest absolute Gasteiger partial charge is 0.416 e. The number of ether oxygens (including phenoxy) is 4. The molecular weight excluding hydrogens is 505 g/mol. The fourth-order valence-electron chi connectivity index (χ4n) is 3.44. The van der Waals surface area contributed by atoms with E-state index < -0.39 is 17.8 Å². The molecule has 0 saturated heterocycles. The number of alkyl carbamates (subject to hydrolysis) is 1. The van der Waals surface area contributed by atoms with Crippen molar-refractivity contribution in [3.63, 3.8) is 0 Å². The second kappa shape index (κ2) is 14.3. The number of hydrogen-bond donors (Lipinski definition) is 2. The predicted octanol–water partition coefficient (Wildman–Crippen LogP) is 5.05. The van der Waals surface area contributed by atoms with Gasteiger partial charge >= 0.3 is 12.3 Å². The summed E-state index contributed by atoms with van der Waals surface area (Å²) in [6.45, 7) is 2.12. The van der Waals surface area contributed by atoms with Gasteiger partial charge in [0.05, 0.1) is 50.8 Å². The van der Waals surface area contributed by atoms with Crippen molar-refractivity contribution >= 4 is 6.09 Å². The van der Waals surface area contributed by atoms with Gasteiger partial charge in [0, 0.05) is 18.9 Å². The summed E-state index contributed by atoms with van der Waals surface area (Å²) in [5.74, 6) is -0.0469. The normalized spacial score (nSPS) is 11.4. The summed E-state index contributed by atoms with van der Waals surface area (Å²) in [4.78, 5) is 16.2. The highest BCUT2D eigenvalue weighted by atomic mass is 19.4. The largest absolute Gasteiger partial charge is 0.507 e. The van der Waals surface area contributed by atoms with E-state index >= 15 is 0 Å². The Bertz CT molecular complexity index is 1190. The van der Waals surface area contributed by atoms with E-state index in [1.807, 2.05) is 0 Å². The lowest BCUT2D eigenvalue weighted by molar-refractivity contribution is -0.137. The minimum absolute atomic E-state index is 0.0469. The maximum atomic E-state index is 13.1. The first kappa shape index (κ1) is 28.9. The number of phenolic OH excluding ortho intramolecular Hbond substituents is 1. The predicted molar refractivity (Wildman–Crippen MR) is 133 cm³/mol. The minimum atomic E-state index is -4.46. The van der Waals surface area contributed by atoms with Gasteiger partial charge in [-0.1, -0.05) is 18.2 Å². The Labute approximate surface area is 218 Å². The molecule has 0 fully saturated rings. The Morgan fingerprint density at radius 1 is 0.895 bits per heavy atom. The van der Waals surface area contributed by atoms with E-state index in [1.165, 1.54) is 18.3 Å². The third-order valence-corrected chi connectivity index (χ3v) is 5.33. The quantitative estimate of drug-likeness (QED) is 0.296. The summed E-state index contributed by atoms with van der Waals surface area (Å²) in [5, 5.41) is 13.0. The number of hydrogen-bond acceptors (Lipinski definition) is 7. The van der Waals surface area contributed by atoms with Crippen LogP contribution in [-0.2, 0) is 31.7 Å². The van der Waals surface area contributed by atoms with Crippen molar-refractivity contribution in [3.05, 3.63) is 72.1 Å². The molecule has 1 heterocycles. The molecular formula is C27H29F3N2O6. The van der Waals surface area contributed by atoms with Gasteiger partial charge in [0.15, 0.2) is 0 Å². The molecule has 2 aromatic carbocycles. The number of nitrogens with zero attached hydrogens (tertiary/aromatic N) is 1. The Balaban J connectivity index is 1.55. The van der Waals surface area contributed by atoms with Gasteiger partial charge in [-0.05, 0) is 53.1 Å². The van der Waals surface area contributed by atoms with Crippen molar-refractivity contribution < 1.29 is 42.0 Å². The highest BCUT2D eigenvalue weighted by molar-refractivity contribution is 5.77. The second-order valence-electron chi connectivity index (χ2n) is 8.05. The molecule has 0 saturated carbocycles. The first-order valence-corrected chi connectivity index (χ1v) is 11.8. The van der Waals surface area contributed by atoms with Crippen molar-refractivity contribution in [1.82, 2.24) is 10.3 Å². The molecule has 0 bridgehead atoms. The molecule has 0 aliphatic carbocycles. The Morgan fingerprint density at radius 3 is 2.34 bits per heavy atom. The zero-order valence-electron chi connectivity index (χ0n) is 20.8. The fourth-order valence-corrected chi connectivity index (χ4v) is 3.44. The summed E-state index contributed by atoms with van der Waals surface area (Å²) in [6.07, 6.45) is -3.60. The van der Waals surface area contributed by atoms with E-state index in [2.05, 4.69) is 10.3 Å². The van der Waals surface area contributed by atoms with E-state index in [0.717, 1.165) is 12.1 Å². The lowest BCUT2D eigenvalue weighted by atomic mass is 9.97. The number of carbonyl (C=O) groups excluding carboxylic acids is 1. The molecule has 11 heteroatoms. The van der Waals surface area contributed by atoms with Crippen LogP contribution in [0.15, 0.2) is 60.8 Å². The van der Waals surface area contributed by atoms with Crippen molar-refractivity contribution in [2.24, 2.45) is 0 Å². The standard InChI is InChI=1S/C27H29F3N2O6/c1-35-9-10-36-11-12-37-13-14-38-26(34)32-18-23-16-21(7-8-31-23)24-17-20(5-6-25(24)33)19-3-2-4-22(15-19)27(28,29)30/h2-8,15-17,33H,9-14,18H2,1H3,(H,32,34). The molecule has 38 heavy (non-hydrogen) atoms. The number of rotatable bonds is 13. The molecule has 2 N–H and O–H groups in total. The van der Waals surface area contributed by atoms with Gasteiger partial charge in [0.25, 0.3) is 0 Å². The Morgan fingerprint density at radius 2 is 1.61 bits per heavy atom. The van der Waals surface area contributed by atoms with Crippen LogP contribution in [-0.4, -0.2) is 62.9 Å². The van der Waals surface area contributed by atoms with Crippen molar-refractivity contribution in [1.29, 1.82) is 0 Å². The number of alkyl halides is 3. The summed E-state index contributed by atoms with van der Waals surface area (Å²) < 4.78 is 59.9. The van der Waals surface area contributed by atoms with Gasteiger partial charge in [-0.3, -0.25) is 4.98 Å². The third kappa shape index (κ3) is 9.02. The number of nitrogens with one attached hydrogen (secondary N) is 1. The number of pyridine rings is 1. The van der Waals surface area contributed by atoms with Gasteiger partial charge in [0.1, 0.15) is 12.4 Å². The SMILES string of the molecule is COCCOCCOCCOC(=O)NCc1cc(-c2cc(-c3cccc(C(F)(F)F)c3)ccc2O)ccn1. The first-order chi connectivity index (χ1) is 18.3. The summed E-state index contributed by atoms with van der Waals surface area (Å²) in [5.41, 5.74) is 1.60. The topological polar surface area (TPSA) is 99.1 Å². The van der Waals surface area contributed by atoms with Gasteiger partial charge in [-0.2, -0.15) is 13.2 Å². The van der Waals surface area contributed by atoms with E-state index in [9.17, 15) is 23.1 Å². The summed E-state index contributed by atoms with van der Waals surface area (Å²) in [6, 6.07) is 12.9. The lowest BCUT2D eigenvalue weighted by Crippen LogP contribution is -2.25. The zero-order chi connectivity index (χ0) is 27.4. The van der Waals surface area contributed by atoms with Crippen LogP contribution in [0.1, 0.15) is 11.3 Å². The van der Waals surface area contributed by atoms with Crippen molar-refractivity contribution in [3.8, 4) is 28.0 Å². The number of aromatic hydroxyl groups is 1. The molecule has 0 aliphatic rings. The maximum absolute atomic E-state index is 13.1. The van der Waals surface area contributed by atoms with Crippen LogP contribution in [0, 0.1) is 0 Å². The number of amides is 1. The molecule has 0 atom stereocenters. The van der Waals surface area contributed by atoms with Crippen LogP contribution in [0.5, 0.6) is 5.75 Å². The van der Waals surface area contributed by atoms with Gasteiger partial charge < -0.3 is 29.4 Å². The van der Waals surface area contributed by atoms with Gasteiger partial charge in [-0.25, -0.2) is 4.79 Å². The molecule has 8 nitrogen and oxygen atoms in total. The monoisotopic (exact) mass is 534 g/mol. The number of phenols is 1. The lowest BCUT2D eigenvalue weighted by Gasteiger charge is -2.12. The molecule has 0 unspecified atom stereocenters. The number of halogens is 3. The second-order valence-corrected chi connectivity index (χ2v) is 8.05. The molecule has 0 radical (unpaired) electrons.